The van der Waals surface area contributed by atoms with E-state index < -0.39 is 11.8 Å². The number of carbonyl (C=O) groups excluding carboxylic acids is 2. The first-order chi connectivity index (χ1) is 10.1. The lowest BCUT2D eigenvalue weighted by Crippen LogP contribution is -2.44. The first kappa shape index (κ1) is 15.2. The van der Waals surface area contributed by atoms with Gasteiger partial charge in [-0.15, -0.1) is 0 Å². The predicted molar refractivity (Wildman–Crippen MR) is 83.3 cm³/mol. The number of rotatable bonds is 3. The third-order valence-electron chi connectivity index (χ3n) is 2.53. The van der Waals surface area contributed by atoms with Gasteiger partial charge in [-0.05, 0) is 46.9 Å². The Bertz CT molecular complexity index is 712. The SMILES string of the molecule is O=C(Cn1cnccc1=O)NNC(=O)c1ccc(I)cc1. The van der Waals surface area contributed by atoms with Crippen LogP contribution < -0.4 is 16.4 Å². The van der Waals surface area contributed by atoms with Crippen LogP contribution in [0, 0.1) is 3.57 Å². The summed E-state index contributed by atoms with van der Waals surface area (Å²) in [4.78, 5) is 38.6. The molecular formula is C13H11IN4O3. The number of carbonyl (C=O) groups is 2. The van der Waals surface area contributed by atoms with Crippen LogP contribution in [-0.2, 0) is 11.3 Å². The maximum Gasteiger partial charge on any atom is 0.269 e. The highest BCUT2D eigenvalue weighted by Crippen LogP contribution is 2.06. The molecule has 0 spiro atoms. The van der Waals surface area contributed by atoms with Crippen LogP contribution in [-0.4, -0.2) is 21.4 Å². The van der Waals surface area contributed by atoms with Crippen molar-refractivity contribution < 1.29 is 9.59 Å². The van der Waals surface area contributed by atoms with Gasteiger partial charge in [-0.25, -0.2) is 4.98 Å². The van der Waals surface area contributed by atoms with Crippen LogP contribution in [0.2, 0.25) is 0 Å². The van der Waals surface area contributed by atoms with E-state index in [1.807, 2.05) is 0 Å². The molecule has 2 aromatic rings. The van der Waals surface area contributed by atoms with Gasteiger partial charge < -0.3 is 0 Å². The van der Waals surface area contributed by atoms with Crippen molar-refractivity contribution in [3.63, 3.8) is 0 Å². The van der Waals surface area contributed by atoms with Gasteiger partial charge in [0.1, 0.15) is 6.54 Å². The van der Waals surface area contributed by atoms with Crippen LogP contribution in [0.4, 0.5) is 0 Å². The first-order valence-electron chi connectivity index (χ1n) is 5.91. The highest BCUT2D eigenvalue weighted by atomic mass is 127. The first-order valence-corrected chi connectivity index (χ1v) is 6.99. The molecule has 0 bridgehead atoms. The number of halogens is 1. The molecule has 8 heteroatoms. The second-order valence-electron chi connectivity index (χ2n) is 4.06. The largest absolute Gasteiger partial charge is 0.290 e. The zero-order chi connectivity index (χ0) is 15.2. The standard InChI is InChI=1S/C13H11IN4O3/c14-10-3-1-9(2-4-10)13(21)17-16-11(19)7-18-8-15-6-5-12(18)20/h1-6,8H,7H2,(H,16,19)(H,17,21). The van der Waals surface area contributed by atoms with Crippen LogP contribution in [0.25, 0.3) is 0 Å². The zero-order valence-electron chi connectivity index (χ0n) is 10.7. The van der Waals surface area contributed by atoms with Crippen molar-refractivity contribution in [2.75, 3.05) is 0 Å². The van der Waals surface area contributed by atoms with Crippen molar-refractivity contribution in [1.82, 2.24) is 20.4 Å². The van der Waals surface area contributed by atoms with Crippen molar-refractivity contribution in [2.45, 2.75) is 6.54 Å². The van der Waals surface area contributed by atoms with Crippen molar-refractivity contribution in [1.29, 1.82) is 0 Å². The van der Waals surface area contributed by atoms with E-state index in [0.29, 0.717) is 5.56 Å². The van der Waals surface area contributed by atoms with E-state index in [2.05, 4.69) is 38.4 Å². The van der Waals surface area contributed by atoms with Crippen molar-refractivity contribution in [3.05, 3.63) is 62.3 Å². The summed E-state index contributed by atoms with van der Waals surface area (Å²) in [6, 6.07) is 8.11. The van der Waals surface area contributed by atoms with Crippen LogP contribution in [0.5, 0.6) is 0 Å². The molecule has 0 aliphatic rings. The molecular weight excluding hydrogens is 387 g/mol. The Morgan fingerprint density at radius 3 is 2.52 bits per heavy atom. The monoisotopic (exact) mass is 398 g/mol. The molecule has 21 heavy (non-hydrogen) atoms. The van der Waals surface area contributed by atoms with Crippen molar-refractivity contribution in [3.8, 4) is 0 Å². The number of hydrogen-bond acceptors (Lipinski definition) is 4. The fourth-order valence-electron chi connectivity index (χ4n) is 1.49. The number of aromatic nitrogens is 2. The van der Waals surface area contributed by atoms with Crippen LogP contribution in [0.3, 0.4) is 0 Å². The number of nitrogens with zero attached hydrogens (tertiary/aromatic N) is 2. The van der Waals surface area contributed by atoms with Crippen LogP contribution >= 0.6 is 22.6 Å². The number of hydrazine groups is 1. The van der Waals surface area contributed by atoms with Crippen LogP contribution in [0.15, 0.2) is 47.7 Å². The van der Waals surface area contributed by atoms with Crippen molar-refractivity contribution >= 4 is 34.4 Å². The lowest BCUT2D eigenvalue weighted by Gasteiger charge is -2.08. The number of amides is 2. The Hall–Kier alpha value is -2.23. The average Bonchev–Trinajstić information content (AvgIpc) is 2.48. The second-order valence-corrected chi connectivity index (χ2v) is 5.30. The third kappa shape index (κ3) is 4.38. The molecule has 1 heterocycles. The molecule has 1 aromatic heterocycles. The molecule has 0 saturated carbocycles. The Balaban J connectivity index is 1.89. The molecule has 2 N–H and O–H groups in total. The Morgan fingerprint density at radius 1 is 1.14 bits per heavy atom. The van der Waals surface area contributed by atoms with Gasteiger partial charge in [0, 0.05) is 21.4 Å². The van der Waals surface area contributed by atoms with Gasteiger partial charge >= 0.3 is 0 Å². The van der Waals surface area contributed by atoms with E-state index >= 15 is 0 Å². The van der Waals surface area contributed by atoms with E-state index in [1.54, 1.807) is 24.3 Å². The Morgan fingerprint density at radius 2 is 1.86 bits per heavy atom. The van der Waals surface area contributed by atoms with E-state index in [-0.39, 0.29) is 12.1 Å². The summed E-state index contributed by atoms with van der Waals surface area (Å²) >= 11 is 2.13. The maximum atomic E-state index is 11.8. The molecule has 108 valence electrons. The normalized spacial score (nSPS) is 9.95. The maximum absolute atomic E-state index is 11.8. The summed E-state index contributed by atoms with van der Waals surface area (Å²) in [6.45, 7) is -0.223. The van der Waals surface area contributed by atoms with E-state index in [4.69, 9.17) is 0 Å². The van der Waals surface area contributed by atoms with Gasteiger partial charge in [-0.1, -0.05) is 0 Å². The third-order valence-corrected chi connectivity index (χ3v) is 3.25. The van der Waals surface area contributed by atoms with Gasteiger partial charge in [0.15, 0.2) is 0 Å². The quantitative estimate of drug-likeness (QED) is 0.575. The highest BCUT2D eigenvalue weighted by molar-refractivity contribution is 14.1. The molecule has 0 aliphatic heterocycles. The van der Waals surface area contributed by atoms with Gasteiger partial charge in [0.25, 0.3) is 17.4 Å². The molecule has 1 aromatic carbocycles. The van der Waals surface area contributed by atoms with Gasteiger partial charge in [-0.3, -0.25) is 29.8 Å². The summed E-state index contributed by atoms with van der Waals surface area (Å²) in [5.74, 6) is -0.956. The molecule has 0 atom stereocenters. The smallest absolute Gasteiger partial charge is 0.269 e. The highest BCUT2D eigenvalue weighted by Gasteiger charge is 2.08. The minimum absolute atomic E-state index is 0.223. The van der Waals surface area contributed by atoms with Gasteiger partial charge in [0.05, 0.1) is 6.33 Å². The van der Waals surface area contributed by atoms with E-state index in [0.717, 1.165) is 8.14 Å². The molecule has 0 saturated heterocycles. The van der Waals surface area contributed by atoms with E-state index in [1.165, 1.54) is 18.6 Å². The zero-order valence-corrected chi connectivity index (χ0v) is 12.9. The van der Waals surface area contributed by atoms with Gasteiger partial charge in [-0.2, -0.15) is 0 Å². The number of hydrogen-bond donors (Lipinski definition) is 2. The summed E-state index contributed by atoms with van der Waals surface area (Å²) in [6.07, 6.45) is 2.60. The molecule has 0 unspecified atom stereocenters. The average molecular weight is 398 g/mol. The fourth-order valence-corrected chi connectivity index (χ4v) is 1.85. The topological polar surface area (TPSA) is 93.1 Å². The van der Waals surface area contributed by atoms with Crippen LogP contribution in [0.1, 0.15) is 10.4 Å². The molecule has 0 radical (unpaired) electrons. The summed E-state index contributed by atoms with van der Waals surface area (Å²) in [5, 5.41) is 0. The molecule has 7 nitrogen and oxygen atoms in total. The molecule has 0 fully saturated rings. The Kier molecular flexibility index (Phi) is 5.04. The lowest BCUT2D eigenvalue weighted by molar-refractivity contribution is -0.122. The fraction of sp³-hybridized carbons (Fsp3) is 0.0769. The van der Waals surface area contributed by atoms with Gasteiger partial charge in [0.2, 0.25) is 0 Å². The lowest BCUT2D eigenvalue weighted by atomic mass is 10.2. The summed E-state index contributed by atoms with van der Waals surface area (Å²) in [5.41, 5.74) is 4.61. The van der Waals surface area contributed by atoms with Crippen molar-refractivity contribution in [2.24, 2.45) is 0 Å². The summed E-state index contributed by atoms with van der Waals surface area (Å²) in [7, 11) is 0. The predicted octanol–water partition coefficient (Wildman–Crippen LogP) is 0.309. The number of nitrogens with one attached hydrogen (secondary N) is 2. The molecule has 2 amide bonds. The summed E-state index contributed by atoms with van der Waals surface area (Å²) < 4.78 is 2.14. The molecule has 2 rings (SSSR count). The van der Waals surface area contributed by atoms with E-state index in [9.17, 15) is 14.4 Å². The minimum atomic E-state index is -0.524. The number of benzene rings is 1. The molecule has 0 aliphatic carbocycles. The minimum Gasteiger partial charge on any atom is -0.290 e. The second kappa shape index (κ2) is 6.97. The Labute approximate surface area is 133 Å².